The molecule has 9 nitrogen and oxygen atoms in total. The molecular formula is C23H19F4N7O2. The first-order valence-electron chi connectivity index (χ1n) is 10.5. The lowest BCUT2D eigenvalue weighted by Crippen LogP contribution is -2.31. The van der Waals surface area contributed by atoms with Crippen LogP contribution in [0.2, 0.25) is 0 Å². The first-order valence-corrected chi connectivity index (χ1v) is 10.5. The highest BCUT2D eigenvalue weighted by Gasteiger charge is 2.31. The Bertz CT molecular complexity index is 1510. The predicted molar refractivity (Wildman–Crippen MR) is 122 cm³/mol. The van der Waals surface area contributed by atoms with Gasteiger partial charge in [0.2, 0.25) is 0 Å². The van der Waals surface area contributed by atoms with Crippen LogP contribution < -0.4 is 16.6 Å². The molecule has 13 heteroatoms. The molecule has 4 rings (SSSR count). The van der Waals surface area contributed by atoms with Gasteiger partial charge in [-0.05, 0) is 55.0 Å². The maximum Gasteiger partial charge on any atom is 0.416 e. The highest BCUT2D eigenvalue weighted by molar-refractivity contribution is 5.92. The number of carbonyl (C=O) groups is 1. The number of nitrogens with one attached hydrogen (secondary N) is 1. The smallest absolute Gasteiger partial charge is 0.399 e. The summed E-state index contributed by atoms with van der Waals surface area (Å²) in [5.41, 5.74) is 4.72. The molecule has 0 unspecified atom stereocenters. The third-order valence-electron chi connectivity index (χ3n) is 5.32. The molecule has 0 aliphatic carbocycles. The zero-order chi connectivity index (χ0) is 26.2. The highest BCUT2D eigenvalue weighted by atomic mass is 19.4. The SMILES string of the molecule is C[C@@H](NC(=O)c1ccc(=O)n(-c2cc(F)cc(-c3cnnn3C)c2)n1)c1cc(N)cc(C(F)(F)F)c1. The lowest BCUT2D eigenvalue weighted by molar-refractivity contribution is -0.137. The summed E-state index contributed by atoms with van der Waals surface area (Å²) in [4.78, 5) is 25.3. The van der Waals surface area contributed by atoms with Crippen molar-refractivity contribution in [3.8, 4) is 16.9 Å². The molecule has 36 heavy (non-hydrogen) atoms. The summed E-state index contributed by atoms with van der Waals surface area (Å²) in [6.07, 6.45) is -3.19. The maximum atomic E-state index is 14.4. The second kappa shape index (κ2) is 9.24. The molecule has 1 amide bonds. The van der Waals surface area contributed by atoms with Crippen LogP contribution in [0.3, 0.4) is 0 Å². The van der Waals surface area contributed by atoms with Crippen molar-refractivity contribution in [3.05, 3.63) is 87.7 Å². The van der Waals surface area contributed by atoms with E-state index in [0.717, 1.165) is 35.0 Å². The van der Waals surface area contributed by atoms with E-state index in [1.54, 1.807) is 7.05 Å². The Kier molecular flexibility index (Phi) is 6.31. The number of nitrogens with two attached hydrogens (primary N) is 1. The number of aryl methyl sites for hydroxylation is 1. The summed E-state index contributed by atoms with van der Waals surface area (Å²) >= 11 is 0. The van der Waals surface area contributed by atoms with Crippen molar-refractivity contribution in [2.45, 2.75) is 19.1 Å². The Morgan fingerprint density at radius 3 is 2.53 bits per heavy atom. The van der Waals surface area contributed by atoms with Gasteiger partial charge < -0.3 is 11.1 Å². The molecule has 0 spiro atoms. The van der Waals surface area contributed by atoms with Crippen LogP contribution in [0, 0.1) is 5.82 Å². The molecule has 0 saturated carbocycles. The van der Waals surface area contributed by atoms with Gasteiger partial charge in [-0.15, -0.1) is 5.10 Å². The average molecular weight is 501 g/mol. The largest absolute Gasteiger partial charge is 0.416 e. The molecule has 2 heterocycles. The van der Waals surface area contributed by atoms with Crippen molar-refractivity contribution in [3.63, 3.8) is 0 Å². The second-order valence-electron chi connectivity index (χ2n) is 7.99. The van der Waals surface area contributed by atoms with E-state index in [4.69, 9.17) is 5.73 Å². The number of halogens is 4. The van der Waals surface area contributed by atoms with Crippen molar-refractivity contribution >= 4 is 11.6 Å². The number of alkyl halides is 3. The van der Waals surface area contributed by atoms with E-state index in [0.29, 0.717) is 11.3 Å². The van der Waals surface area contributed by atoms with Gasteiger partial charge >= 0.3 is 6.18 Å². The van der Waals surface area contributed by atoms with E-state index in [9.17, 15) is 27.2 Å². The van der Waals surface area contributed by atoms with E-state index < -0.39 is 35.1 Å². The summed E-state index contributed by atoms with van der Waals surface area (Å²) in [5, 5.41) is 14.1. The Balaban J connectivity index is 1.64. The number of hydrogen-bond donors (Lipinski definition) is 2. The van der Waals surface area contributed by atoms with Crippen molar-refractivity contribution in [2.24, 2.45) is 7.05 Å². The Morgan fingerprint density at radius 1 is 1.11 bits per heavy atom. The fourth-order valence-corrected chi connectivity index (χ4v) is 3.56. The van der Waals surface area contributed by atoms with Crippen molar-refractivity contribution in [2.75, 3.05) is 5.73 Å². The quantitative estimate of drug-likeness (QED) is 0.320. The number of amides is 1. The number of nitrogen functional groups attached to an aromatic ring is 1. The summed E-state index contributed by atoms with van der Waals surface area (Å²) in [7, 11) is 1.61. The second-order valence-corrected chi connectivity index (χ2v) is 7.99. The van der Waals surface area contributed by atoms with E-state index in [-0.39, 0.29) is 22.6 Å². The Hall–Kier alpha value is -4.55. The first kappa shape index (κ1) is 24.6. The highest BCUT2D eigenvalue weighted by Crippen LogP contribution is 2.32. The molecule has 2 aromatic heterocycles. The van der Waals surface area contributed by atoms with Crippen LogP contribution >= 0.6 is 0 Å². The van der Waals surface area contributed by atoms with E-state index in [2.05, 4.69) is 20.7 Å². The minimum absolute atomic E-state index is 0.0459. The van der Waals surface area contributed by atoms with Crippen LogP contribution in [0.5, 0.6) is 0 Å². The van der Waals surface area contributed by atoms with Crippen LogP contribution in [-0.2, 0) is 13.2 Å². The van der Waals surface area contributed by atoms with Crippen LogP contribution in [0.4, 0.5) is 23.2 Å². The lowest BCUT2D eigenvalue weighted by Gasteiger charge is -2.17. The molecule has 3 N–H and O–H groups in total. The van der Waals surface area contributed by atoms with Crippen LogP contribution in [-0.4, -0.2) is 30.7 Å². The zero-order valence-electron chi connectivity index (χ0n) is 18.9. The summed E-state index contributed by atoms with van der Waals surface area (Å²) in [6, 6.07) is 8.13. The fraction of sp³-hybridized carbons (Fsp3) is 0.174. The molecule has 0 saturated heterocycles. The molecular weight excluding hydrogens is 482 g/mol. The third kappa shape index (κ3) is 5.09. The molecule has 0 aliphatic heterocycles. The van der Waals surface area contributed by atoms with Gasteiger partial charge in [-0.1, -0.05) is 5.21 Å². The van der Waals surface area contributed by atoms with Gasteiger partial charge in [0.1, 0.15) is 11.5 Å². The number of rotatable bonds is 5. The number of hydrogen-bond acceptors (Lipinski definition) is 6. The van der Waals surface area contributed by atoms with E-state index in [1.807, 2.05) is 0 Å². The summed E-state index contributed by atoms with van der Waals surface area (Å²) in [5.74, 6) is -1.43. The van der Waals surface area contributed by atoms with Gasteiger partial charge in [-0.2, -0.15) is 23.0 Å². The van der Waals surface area contributed by atoms with Gasteiger partial charge in [0.25, 0.3) is 11.5 Å². The maximum absolute atomic E-state index is 14.4. The molecule has 4 aromatic rings. The Morgan fingerprint density at radius 2 is 1.86 bits per heavy atom. The van der Waals surface area contributed by atoms with Crippen LogP contribution in [0.1, 0.15) is 34.6 Å². The predicted octanol–water partition coefficient (Wildman–Crippen LogP) is 3.26. The number of aromatic nitrogens is 5. The molecule has 0 bridgehead atoms. The molecule has 0 fully saturated rings. The topological polar surface area (TPSA) is 121 Å². The van der Waals surface area contributed by atoms with Crippen molar-refractivity contribution in [1.82, 2.24) is 30.1 Å². The molecule has 186 valence electrons. The zero-order valence-corrected chi connectivity index (χ0v) is 18.9. The van der Waals surface area contributed by atoms with E-state index in [1.165, 1.54) is 36.0 Å². The molecule has 0 aliphatic rings. The van der Waals surface area contributed by atoms with E-state index >= 15 is 0 Å². The van der Waals surface area contributed by atoms with Gasteiger partial charge in [0.05, 0.1) is 29.2 Å². The average Bonchev–Trinajstić information content (AvgIpc) is 3.23. The number of nitrogens with zero attached hydrogens (tertiary/aromatic N) is 5. The van der Waals surface area contributed by atoms with Crippen molar-refractivity contribution < 1.29 is 22.4 Å². The molecule has 0 radical (unpaired) electrons. The van der Waals surface area contributed by atoms with Gasteiger partial charge in [0.15, 0.2) is 0 Å². The van der Waals surface area contributed by atoms with Gasteiger partial charge in [-0.3, -0.25) is 9.59 Å². The standard InChI is InChI=1S/C23H19F4N7O2/c1-12(13-5-15(23(25,26)27)9-17(28)7-13)30-22(36)19-3-4-21(35)34(31-19)18-8-14(6-16(24)10-18)20-11-29-32-33(20)2/h3-12H,28H2,1-2H3,(H,30,36)/t12-/m1/s1. The first-order chi connectivity index (χ1) is 16.9. The van der Waals surface area contributed by atoms with Gasteiger partial charge in [-0.25, -0.2) is 9.07 Å². The summed E-state index contributed by atoms with van der Waals surface area (Å²) < 4.78 is 56.0. The lowest BCUT2D eigenvalue weighted by atomic mass is 10.0. The number of anilines is 1. The van der Waals surface area contributed by atoms with Crippen molar-refractivity contribution in [1.29, 1.82) is 0 Å². The third-order valence-corrected chi connectivity index (χ3v) is 5.32. The van der Waals surface area contributed by atoms with Crippen LogP contribution in [0.15, 0.2) is 59.5 Å². The normalized spacial score (nSPS) is 12.4. The number of carbonyl (C=O) groups excluding carboxylic acids is 1. The monoisotopic (exact) mass is 501 g/mol. The van der Waals surface area contributed by atoms with Crippen LogP contribution in [0.25, 0.3) is 16.9 Å². The summed E-state index contributed by atoms with van der Waals surface area (Å²) in [6.45, 7) is 1.48. The fourth-order valence-electron chi connectivity index (χ4n) is 3.56. The minimum Gasteiger partial charge on any atom is -0.399 e. The Labute approximate surface area is 201 Å². The molecule has 1 atom stereocenters. The number of benzene rings is 2. The molecule has 2 aromatic carbocycles. The van der Waals surface area contributed by atoms with Gasteiger partial charge in [0, 0.05) is 24.4 Å². The minimum atomic E-state index is -4.61.